The van der Waals surface area contributed by atoms with Gasteiger partial charge in [-0.1, -0.05) is 243 Å². The van der Waals surface area contributed by atoms with Gasteiger partial charge >= 0.3 is 0 Å². The van der Waals surface area contributed by atoms with Gasteiger partial charge in [-0.05, 0) is 216 Å². The number of aromatic nitrogens is 2. The van der Waals surface area contributed by atoms with Crippen LogP contribution >= 0.6 is 0 Å². The fourth-order valence-electron chi connectivity index (χ4n) is 18.9. The van der Waals surface area contributed by atoms with E-state index in [4.69, 9.17) is 0 Å². The standard InChI is InChI=1S/C90H47BN2/c1-2-17-65-63(15-1)64-16-3-4-18-66(64)86-71(65)47-75-90-87(86)73-44-58(61-36-28-55-25-22-49-10-6-13-52-31-39-68(61)84(55)81(49)52)34-42-77(73)93(90)79-20-8-19-78-88(79)91(75)74-46-59(62-37-29-56-26-23-50-11-7-14-53-32-40-69(62)85(56)82(50)53)45-72-70-43-57(33-41-76(70)92(78)89(72)74)60-35-27-54-24-21-48-9-5-12-51-30-38-67(60)83(54)80(48)51/h1-47H. The average molecular weight is 1170 g/mol. The number of rotatable bonds is 3. The van der Waals surface area contributed by atoms with Crippen molar-refractivity contribution in [2.45, 2.75) is 0 Å². The number of hydrogen-bond donors (Lipinski definition) is 0. The highest BCUT2D eigenvalue weighted by Gasteiger charge is 2.42. The van der Waals surface area contributed by atoms with Crippen molar-refractivity contribution < 1.29 is 0 Å². The molecule has 0 atom stereocenters. The largest absolute Gasteiger partial charge is 0.310 e. The zero-order valence-corrected chi connectivity index (χ0v) is 50.1. The van der Waals surface area contributed by atoms with Gasteiger partial charge in [-0.25, -0.2) is 0 Å². The zero-order valence-electron chi connectivity index (χ0n) is 50.1. The lowest BCUT2D eigenvalue weighted by atomic mass is 9.34. The van der Waals surface area contributed by atoms with Gasteiger partial charge in [0, 0.05) is 43.8 Å². The molecular formula is C90H47BN2. The molecule has 0 saturated carbocycles. The highest BCUT2D eigenvalue weighted by molar-refractivity contribution is 7.00. The number of benzene rings is 20. The van der Waals surface area contributed by atoms with Gasteiger partial charge in [0.15, 0.2) is 0 Å². The molecule has 0 saturated heterocycles. The van der Waals surface area contributed by atoms with Gasteiger partial charge in [-0.15, -0.1) is 0 Å². The summed E-state index contributed by atoms with van der Waals surface area (Å²) < 4.78 is 5.33. The molecule has 0 unspecified atom stereocenters. The molecule has 0 N–H and O–H groups in total. The van der Waals surface area contributed by atoms with E-state index in [9.17, 15) is 0 Å². The van der Waals surface area contributed by atoms with Crippen molar-refractivity contribution in [2.24, 2.45) is 0 Å². The Hall–Kier alpha value is -12.0. The predicted molar refractivity (Wildman–Crippen MR) is 400 cm³/mol. The Morgan fingerprint density at radius 2 is 0.591 bits per heavy atom. The molecule has 0 radical (unpaired) electrons. The van der Waals surface area contributed by atoms with E-state index < -0.39 is 0 Å². The minimum atomic E-state index is -0.113. The van der Waals surface area contributed by atoms with Crippen LogP contribution in [0.1, 0.15) is 0 Å². The molecule has 0 fully saturated rings. The normalized spacial score (nSPS) is 13.1. The molecule has 0 spiro atoms. The Morgan fingerprint density at radius 3 is 1.12 bits per heavy atom. The minimum Gasteiger partial charge on any atom is -0.310 e. The summed E-state index contributed by atoms with van der Waals surface area (Å²) in [5, 5.41) is 36.3. The molecule has 2 aliphatic heterocycles. The monoisotopic (exact) mass is 1170 g/mol. The lowest BCUT2D eigenvalue weighted by Crippen LogP contribution is -2.59. The van der Waals surface area contributed by atoms with E-state index in [1.165, 1.54) is 234 Å². The fourth-order valence-corrected chi connectivity index (χ4v) is 18.9. The molecule has 20 aromatic carbocycles. The van der Waals surface area contributed by atoms with E-state index in [-0.39, 0.29) is 6.71 Å². The van der Waals surface area contributed by atoms with Crippen LogP contribution in [0, 0.1) is 0 Å². The Labute approximate surface area is 531 Å². The van der Waals surface area contributed by atoms with E-state index in [1.807, 2.05) is 0 Å². The maximum absolute atomic E-state index is 2.68. The maximum Gasteiger partial charge on any atom is 0.252 e. The molecule has 2 nitrogen and oxygen atoms in total. The van der Waals surface area contributed by atoms with Crippen molar-refractivity contribution >= 4 is 196 Å². The number of hydrogen-bond acceptors (Lipinski definition) is 0. The number of nitrogens with zero attached hydrogens (tertiary/aromatic N) is 2. The van der Waals surface area contributed by atoms with Gasteiger partial charge in [0.2, 0.25) is 0 Å². The molecule has 0 amide bonds. The molecule has 93 heavy (non-hydrogen) atoms. The topological polar surface area (TPSA) is 9.86 Å². The second-order valence-electron chi connectivity index (χ2n) is 26.8. The third-order valence-electron chi connectivity index (χ3n) is 22.6. The van der Waals surface area contributed by atoms with Crippen LogP contribution in [-0.4, -0.2) is 15.8 Å². The maximum atomic E-state index is 2.68. The van der Waals surface area contributed by atoms with Gasteiger partial charge in [0.1, 0.15) is 0 Å². The van der Waals surface area contributed by atoms with Crippen LogP contribution in [0.2, 0.25) is 0 Å². The van der Waals surface area contributed by atoms with Crippen LogP contribution in [0.15, 0.2) is 285 Å². The summed E-state index contributed by atoms with van der Waals surface area (Å²) >= 11 is 0. The first-order valence-electron chi connectivity index (χ1n) is 32.7. The van der Waals surface area contributed by atoms with Crippen molar-refractivity contribution in [2.75, 3.05) is 0 Å². The van der Waals surface area contributed by atoms with Crippen LogP contribution in [0.25, 0.3) is 218 Å². The van der Waals surface area contributed by atoms with E-state index in [0.717, 1.165) is 0 Å². The highest BCUT2D eigenvalue weighted by Crippen LogP contribution is 2.50. The van der Waals surface area contributed by atoms with E-state index in [0.29, 0.717) is 0 Å². The SMILES string of the molecule is c1cc2c3c(c1)-n1c4ccc(-c5ccc6ccc7cccc8ccc5c6c78)cc4c4c5c6ccccc6c6ccccc6c5cc(c41)B3c1cc(-c3ccc4ccc5cccc6ccc3c4c56)cc3c4cc(-c5ccc6ccc7cccc8ccc5c6c78)ccc4n-2c13. The first-order chi connectivity index (χ1) is 46.1. The summed E-state index contributed by atoms with van der Waals surface area (Å²) in [5.74, 6) is 0. The summed E-state index contributed by atoms with van der Waals surface area (Å²) in [6, 6.07) is 111. The summed E-state index contributed by atoms with van der Waals surface area (Å²) in [7, 11) is 0. The quantitative estimate of drug-likeness (QED) is 0.123. The fraction of sp³-hybridized carbons (Fsp3) is 0. The summed E-state index contributed by atoms with van der Waals surface area (Å²) in [5.41, 5.74) is 19.0. The molecule has 2 aliphatic rings. The van der Waals surface area contributed by atoms with Crippen molar-refractivity contribution in [1.82, 2.24) is 9.13 Å². The lowest BCUT2D eigenvalue weighted by Gasteiger charge is -2.34. The Morgan fingerprint density at radius 1 is 0.204 bits per heavy atom. The number of fused-ring (bicyclic) bond motifs is 17. The molecule has 0 bridgehead atoms. The minimum absolute atomic E-state index is 0.113. The highest BCUT2D eigenvalue weighted by atomic mass is 15.0. The van der Waals surface area contributed by atoms with Crippen molar-refractivity contribution in [3.63, 3.8) is 0 Å². The third kappa shape index (κ3) is 5.82. The first kappa shape index (κ1) is 47.9. The summed E-state index contributed by atoms with van der Waals surface area (Å²) in [6.45, 7) is -0.113. The van der Waals surface area contributed by atoms with Crippen LogP contribution < -0.4 is 16.4 Å². The molecule has 420 valence electrons. The third-order valence-corrected chi connectivity index (χ3v) is 22.6. The molecule has 24 rings (SSSR count). The summed E-state index contributed by atoms with van der Waals surface area (Å²) in [4.78, 5) is 0. The van der Waals surface area contributed by atoms with Gasteiger partial charge < -0.3 is 9.13 Å². The van der Waals surface area contributed by atoms with E-state index >= 15 is 0 Å². The molecule has 22 aromatic rings. The molecule has 4 heterocycles. The molecule has 3 heteroatoms. The zero-order chi connectivity index (χ0) is 59.8. The lowest BCUT2D eigenvalue weighted by molar-refractivity contribution is 1.14. The van der Waals surface area contributed by atoms with Crippen LogP contribution in [0.3, 0.4) is 0 Å². The van der Waals surface area contributed by atoms with Crippen LogP contribution in [-0.2, 0) is 0 Å². The second-order valence-corrected chi connectivity index (χ2v) is 26.8. The second kappa shape index (κ2) is 16.7. The smallest absolute Gasteiger partial charge is 0.252 e. The van der Waals surface area contributed by atoms with E-state index in [2.05, 4.69) is 294 Å². The molecule has 0 aliphatic carbocycles. The predicted octanol–water partition coefficient (Wildman–Crippen LogP) is 22.2. The Kier molecular flexibility index (Phi) is 8.58. The van der Waals surface area contributed by atoms with Crippen LogP contribution in [0.4, 0.5) is 0 Å². The Balaban J connectivity index is 0.841. The van der Waals surface area contributed by atoms with Crippen molar-refractivity contribution in [1.29, 1.82) is 0 Å². The van der Waals surface area contributed by atoms with Crippen LogP contribution in [0.5, 0.6) is 0 Å². The van der Waals surface area contributed by atoms with Gasteiger partial charge in [-0.3, -0.25) is 0 Å². The first-order valence-corrected chi connectivity index (χ1v) is 32.7. The van der Waals surface area contributed by atoms with Crippen molar-refractivity contribution in [3.8, 4) is 44.8 Å². The molecular weight excluding hydrogens is 1120 g/mol. The van der Waals surface area contributed by atoms with Gasteiger partial charge in [0.25, 0.3) is 6.71 Å². The Bertz CT molecular complexity index is 7190. The average Bonchev–Trinajstić information content (AvgIpc) is 1.08. The summed E-state index contributed by atoms with van der Waals surface area (Å²) in [6.07, 6.45) is 0. The van der Waals surface area contributed by atoms with E-state index in [1.54, 1.807) is 0 Å². The van der Waals surface area contributed by atoms with Crippen molar-refractivity contribution in [3.05, 3.63) is 285 Å². The molecule has 2 aromatic heterocycles. The van der Waals surface area contributed by atoms with Gasteiger partial charge in [-0.2, -0.15) is 0 Å². The van der Waals surface area contributed by atoms with Gasteiger partial charge in [0.05, 0.1) is 16.6 Å².